The molecule has 0 radical (unpaired) electrons. The van der Waals surface area contributed by atoms with Crippen molar-refractivity contribution >= 4 is 21.8 Å². The van der Waals surface area contributed by atoms with E-state index >= 15 is 0 Å². The molecular formula is C23H32N2O5S. The molecule has 31 heavy (non-hydrogen) atoms. The Morgan fingerprint density at radius 2 is 2.03 bits per heavy atom. The van der Waals surface area contributed by atoms with Crippen LogP contribution < -0.4 is 14.8 Å². The second-order valence-corrected chi connectivity index (χ2v) is 10.9. The molecule has 0 saturated carbocycles. The van der Waals surface area contributed by atoms with E-state index < -0.39 is 9.84 Å². The van der Waals surface area contributed by atoms with Crippen LogP contribution in [0, 0.1) is 0 Å². The predicted molar refractivity (Wildman–Crippen MR) is 120 cm³/mol. The van der Waals surface area contributed by atoms with Gasteiger partial charge >= 0.3 is 0 Å². The van der Waals surface area contributed by atoms with Gasteiger partial charge in [0, 0.05) is 29.7 Å². The van der Waals surface area contributed by atoms with Crippen molar-refractivity contribution in [2.75, 3.05) is 31.2 Å². The third kappa shape index (κ3) is 5.23. The molecule has 4 rings (SSSR count). The van der Waals surface area contributed by atoms with E-state index in [-0.39, 0.29) is 35.6 Å². The Morgan fingerprint density at radius 3 is 2.77 bits per heavy atom. The van der Waals surface area contributed by atoms with E-state index in [0.717, 1.165) is 55.0 Å². The van der Waals surface area contributed by atoms with Gasteiger partial charge in [-0.15, -0.1) is 0 Å². The quantitative estimate of drug-likeness (QED) is 0.672. The molecule has 1 aromatic rings. The van der Waals surface area contributed by atoms with Crippen molar-refractivity contribution in [3.05, 3.63) is 29.3 Å². The lowest BCUT2D eigenvalue weighted by Gasteiger charge is -2.34. The number of fused-ring (bicyclic) bond motifs is 1. The first-order valence-electron chi connectivity index (χ1n) is 11.2. The maximum absolute atomic E-state index is 12.7. The topological polar surface area (TPSA) is 84.9 Å². The monoisotopic (exact) mass is 448 g/mol. The van der Waals surface area contributed by atoms with Crippen molar-refractivity contribution < 1.29 is 22.7 Å². The average molecular weight is 449 g/mol. The number of carbonyl (C=O) groups is 1. The number of rotatable bonds is 6. The maximum Gasteiger partial charge on any atom is 0.244 e. The summed E-state index contributed by atoms with van der Waals surface area (Å²) in [6.07, 6.45) is 7.48. The summed E-state index contributed by atoms with van der Waals surface area (Å²) < 4.78 is 36.2. The molecule has 2 fully saturated rings. The van der Waals surface area contributed by atoms with Crippen LogP contribution in [-0.4, -0.2) is 68.6 Å². The number of hydrogen-bond donors (Lipinski definition) is 1. The molecule has 1 aromatic carbocycles. The number of ether oxygens (including phenoxy) is 2. The van der Waals surface area contributed by atoms with Gasteiger partial charge in [0.15, 0.2) is 9.84 Å². The van der Waals surface area contributed by atoms with Crippen LogP contribution >= 0.6 is 0 Å². The summed E-state index contributed by atoms with van der Waals surface area (Å²) >= 11 is 0. The molecule has 0 spiro atoms. The third-order valence-corrected chi connectivity index (χ3v) is 7.97. The summed E-state index contributed by atoms with van der Waals surface area (Å²) in [7, 11) is -3.15. The standard InChI is InChI=1S/C23H32N2O5S/c1-3-29-21-13-18-11-16(2)30-22(18)12-17(21)7-8-23(26)24-19-14-31(27,28)15-20(19)25-9-5-4-6-10-25/h7-8,12-13,16,19-20H,3-6,9-11,14-15H2,1-2H3,(H,24,26)/b8-7+. The molecule has 8 heteroatoms. The normalized spacial score (nSPS) is 27.7. The Kier molecular flexibility index (Phi) is 6.57. The van der Waals surface area contributed by atoms with Crippen LogP contribution in [0.3, 0.4) is 0 Å². The Hall–Kier alpha value is -2.06. The zero-order valence-electron chi connectivity index (χ0n) is 18.3. The minimum Gasteiger partial charge on any atom is -0.493 e. The first-order valence-corrected chi connectivity index (χ1v) is 13.1. The Balaban J connectivity index is 1.47. The number of benzene rings is 1. The summed E-state index contributed by atoms with van der Waals surface area (Å²) in [5.41, 5.74) is 1.88. The lowest BCUT2D eigenvalue weighted by atomic mass is 10.0. The molecule has 0 aromatic heterocycles. The molecule has 0 aliphatic carbocycles. The molecular weight excluding hydrogens is 416 g/mol. The number of piperidine rings is 1. The molecule has 3 heterocycles. The van der Waals surface area contributed by atoms with E-state index in [0.29, 0.717) is 6.61 Å². The SMILES string of the molecule is CCOc1cc2c(cc1/C=C/C(=O)NC1CS(=O)(=O)CC1N1CCCCC1)OC(C)C2. The van der Waals surface area contributed by atoms with E-state index in [4.69, 9.17) is 9.47 Å². The van der Waals surface area contributed by atoms with Gasteiger partial charge < -0.3 is 14.8 Å². The second kappa shape index (κ2) is 9.20. The highest BCUT2D eigenvalue weighted by Gasteiger charge is 2.41. The second-order valence-electron chi connectivity index (χ2n) is 8.75. The van der Waals surface area contributed by atoms with Crippen molar-refractivity contribution in [1.82, 2.24) is 10.2 Å². The summed E-state index contributed by atoms with van der Waals surface area (Å²) in [4.78, 5) is 14.9. The van der Waals surface area contributed by atoms with Gasteiger partial charge in [-0.25, -0.2) is 8.42 Å². The van der Waals surface area contributed by atoms with Crippen LogP contribution in [0.5, 0.6) is 11.5 Å². The van der Waals surface area contributed by atoms with Crippen molar-refractivity contribution in [2.24, 2.45) is 0 Å². The van der Waals surface area contributed by atoms with Crippen molar-refractivity contribution in [3.63, 3.8) is 0 Å². The van der Waals surface area contributed by atoms with Crippen LogP contribution in [0.1, 0.15) is 44.2 Å². The molecule has 170 valence electrons. The minimum atomic E-state index is -3.15. The van der Waals surface area contributed by atoms with Gasteiger partial charge in [-0.3, -0.25) is 9.69 Å². The van der Waals surface area contributed by atoms with E-state index in [1.165, 1.54) is 12.5 Å². The van der Waals surface area contributed by atoms with Crippen LogP contribution in [0.25, 0.3) is 6.08 Å². The molecule has 3 aliphatic heterocycles. The largest absolute Gasteiger partial charge is 0.493 e. The van der Waals surface area contributed by atoms with Gasteiger partial charge in [-0.1, -0.05) is 6.42 Å². The van der Waals surface area contributed by atoms with Gasteiger partial charge in [0.2, 0.25) is 5.91 Å². The molecule has 7 nitrogen and oxygen atoms in total. The van der Waals surface area contributed by atoms with Gasteiger partial charge in [-0.2, -0.15) is 0 Å². The first kappa shape index (κ1) is 22.1. The first-order chi connectivity index (χ1) is 14.8. The summed E-state index contributed by atoms with van der Waals surface area (Å²) in [5.74, 6) is 1.38. The Labute approximate surface area is 184 Å². The number of amides is 1. The number of nitrogens with one attached hydrogen (secondary N) is 1. The number of nitrogens with zero attached hydrogens (tertiary/aromatic N) is 1. The number of sulfone groups is 1. The van der Waals surface area contributed by atoms with E-state index in [1.807, 2.05) is 26.0 Å². The fourth-order valence-electron chi connectivity index (χ4n) is 4.84. The maximum atomic E-state index is 12.7. The molecule has 3 unspecified atom stereocenters. The molecule has 0 bridgehead atoms. The predicted octanol–water partition coefficient (Wildman–Crippen LogP) is 2.19. The van der Waals surface area contributed by atoms with Crippen molar-refractivity contribution in [3.8, 4) is 11.5 Å². The summed E-state index contributed by atoms with van der Waals surface area (Å²) in [6, 6.07) is 3.37. The molecule has 1 N–H and O–H groups in total. The molecule has 3 aliphatic rings. The van der Waals surface area contributed by atoms with Crippen molar-refractivity contribution in [1.29, 1.82) is 0 Å². The van der Waals surface area contributed by atoms with Crippen LogP contribution in [0.4, 0.5) is 0 Å². The highest BCUT2D eigenvalue weighted by Crippen LogP contribution is 2.35. The molecule has 2 saturated heterocycles. The lowest BCUT2D eigenvalue weighted by molar-refractivity contribution is -0.117. The zero-order valence-corrected chi connectivity index (χ0v) is 19.1. The number of likely N-dealkylation sites (tertiary alicyclic amines) is 1. The van der Waals surface area contributed by atoms with E-state index in [9.17, 15) is 13.2 Å². The fraction of sp³-hybridized carbons (Fsp3) is 0.609. The summed E-state index contributed by atoms with van der Waals surface area (Å²) in [5, 5.41) is 2.94. The highest BCUT2D eigenvalue weighted by atomic mass is 32.2. The van der Waals surface area contributed by atoms with Crippen molar-refractivity contribution in [2.45, 2.75) is 57.7 Å². The molecule has 3 atom stereocenters. The number of hydrogen-bond acceptors (Lipinski definition) is 6. The van der Waals surface area contributed by atoms with Crippen LogP contribution in [-0.2, 0) is 21.1 Å². The van der Waals surface area contributed by atoms with Gasteiger partial charge in [0.05, 0.1) is 24.2 Å². The van der Waals surface area contributed by atoms with Crippen LogP contribution in [0.15, 0.2) is 18.2 Å². The minimum absolute atomic E-state index is 0.00250. The zero-order chi connectivity index (χ0) is 22.0. The van der Waals surface area contributed by atoms with E-state index in [2.05, 4.69) is 10.2 Å². The summed E-state index contributed by atoms with van der Waals surface area (Å²) in [6.45, 7) is 6.27. The lowest BCUT2D eigenvalue weighted by Crippen LogP contribution is -2.52. The smallest absolute Gasteiger partial charge is 0.244 e. The van der Waals surface area contributed by atoms with Crippen LogP contribution in [0.2, 0.25) is 0 Å². The Morgan fingerprint density at radius 1 is 1.26 bits per heavy atom. The van der Waals surface area contributed by atoms with Gasteiger partial charge in [0.1, 0.15) is 17.6 Å². The fourth-order valence-corrected chi connectivity index (χ4v) is 6.79. The van der Waals surface area contributed by atoms with Gasteiger partial charge in [-0.05, 0) is 58.0 Å². The molecule has 1 amide bonds. The average Bonchev–Trinajstić information content (AvgIpc) is 3.24. The van der Waals surface area contributed by atoms with Gasteiger partial charge in [0.25, 0.3) is 0 Å². The third-order valence-electron chi connectivity index (χ3n) is 6.25. The highest BCUT2D eigenvalue weighted by molar-refractivity contribution is 7.91. The number of carbonyl (C=O) groups excluding carboxylic acids is 1. The Bertz CT molecular complexity index is 953. The van der Waals surface area contributed by atoms with E-state index in [1.54, 1.807) is 6.08 Å².